The fourth-order valence-corrected chi connectivity index (χ4v) is 4.43. The summed E-state index contributed by atoms with van der Waals surface area (Å²) in [4.78, 5) is 24.1. The number of carbonyl (C=O) groups excluding carboxylic acids is 2. The zero-order valence-corrected chi connectivity index (χ0v) is 12.6. The molecule has 0 amide bonds. The summed E-state index contributed by atoms with van der Waals surface area (Å²) in [6, 6.07) is 0. The molecule has 3 heterocycles. The van der Waals surface area contributed by atoms with E-state index in [1.807, 2.05) is 0 Å². The van der Waals surface area contributed by atoms with Crippen molar-refractivity contribution in [1.82, 2.24) is 0 Å². The standard InChI is InChI=1S/C15H18O8/c1-5(16)7-10-15(23-13(7)19)4-3-6-8(11(17)20-2)12(18)22-14(21-10)9(6)15/h3-10,12,14,16,18H,1-2H3. The maximum absolute atomic E-state index is 12.1. The number of hydrogen-bond donors (Lipinski definition) is 2. The van der Waals surface area contributed by atoms with Crippen molar-refractivity contribution >= 4 is 11.9 Å². The van der Waals surface area contributed by atoms with Crippen LogP contribution in [0.4, 0.5) is 0 Å². The minimum absolute atomic E-state index is 0.429. The molecule has 9 unspecified atom stereocenters. The number of hydrogen-bond acceptors (Lipinski definition) is 8. The van der Waals surface area contributed by atoms with Gasteiger partial charge in [0, 0.05) is 5.92 Å². The summed E-state index contributed by atoms with van der Waals surface area (Å²) in [6.07, 6.45) is -0.392. The van der Waals surface area contributed by atoms with Crippen molar-refractivity contribution in [3.8, 4) is 0 Å². The first-order chi connectivity index (χ1) is 10.9. The first-order valence-corrected chi connectivity index (χ1v) is 7.58. The van der Waals surface area contributed by atoms with E-state index < -0.39 is 66.0 Å². The highest BCUT2D eigenvalue weighted by Crippen LogP contribution is 2.59. The molecule has 4 rings (SSSR count). The zero-order chi connectivity index (χ0) is 16.5. The first kappa shape index (κ1) is 15.1. The Morgan fingerprint density at radius 3 is 2.83 bits per heavy atom. The number of rotatable bonds is 2. The van der Waals surface area contributed by atoms with Crippen molar-refractivity contribution in [2.75, 3.05) is 7.11 Å². The van der Waals surface area contributed by atoms with Crippen molar-refractivity contribution in [2.45, 2.75) is 37.3 Å². The Balaban J connectivity index is 1.73. The predicted molar refractivity (Wildman–Crippen MR) is 71.4 cm³/mol. The van der Waals surface area contributed by atoms with Gasteiger partial charge in [0.15, 0.2) is 18.2 Å². The van der Waals surface area contributed by atoms with Gasteiger partial charge in [-0.05, 0) is 13.0 Å². The summed E-state index contributed by atoms with van der Waals surface area (Å²) < 4.78 is 21.6. The van der Waals surface area contributed by atoms with E-state index in [2.05, 4.69) is 0 Å². The van der Waals surface area contributed by atoms with Crippen LogP contribution in [0.25, 0.3) is 0 Å². The lowest BCUT2D eigenvalue weighted by atomic mass is 9.74. The van der Waals surface area contributed by atoms with Crippen LogP contribution in [0.2, 0.25) is 0 Å². The quantitative estimate of drug-likeness (QED) is 0.488. The van der Waals surface area contributed by atoms with Gasteiger partial charge in [-0.3, -0.25) is 9.59 Å². The van der Waals surface area contributed by atoms with Gasteiger partial charge in [-0.25, -0.2) is 0 Å². The molecule has 0 bridgehead atoms. The van der Waals surface area contributed by atoms with Crippen molar-refractivity contribution in [3.63, 3.8) is 0 Å². The minimum atomic E-state index is -1.37. The van der Waals surface area contributed by atoms with E-state index in [1.54, 1.807) is 12.2 Å². The van der Waals surface area contributed by atoms with Crippen LogP contribution in [-0.2, 0) is 28.5 Å². The summed E-state index contributed by atoms with van der Waals surface area (Å²) in [6.45, 7) is 1.50. The molecule has 8 nitrogen and oxygen atoms in total. The molecule has 126 valence electrons. The SMILES string of the molecule is COC(=O)C1C(O)OC2OC3C(C(C)O)C(=O)OC34C=CC1C24. The van der Waals surface area contributed by atoms with Crippen molar-refractivity contribution < 1.29 is 38.7 Å². The highest BCUT2D eigenvalue weighted by atomic mass is 16.8. The number of methoxy groups -OCH3 is 1. The molecule has 4 aliphatic rings. The lowest BCUT2D eigenvalue weighted by Crippen LogP contribution is -2.52. The van der Waals surface area contributed by atoms with Crippen molar-refractivity contribution in [3.05, 3.63) is 12.2 Å². The highest BCUT2D eigenvalue weighted by Gasteiger charge is 2.73. The molecule has 1 aliphatic carbocycles. The van der Waals surface area contributed by atoms with Gasteiger partial charge in [0.2, 0.25) is 0 Å². The maximum atomic E-state index is 12.1. The van der Waals surface area contributed by atoms with Gasteiger partial charge in [0.1, 0.15) is 17.9 Å². The van der Waals surface area contributed by atoms with Gasteiger partial charge in [-0.2, -0.15) is 0 Å². The molecule has 8 heteroatoms. The topological polar surface area (TPSA) is 112 Å². The largest absolute Gasteiger partial charge is 0.469 e. The van der Waals surface area contributed by atoms with Crippen LogP contribution in [0.5, 0.6) is 0 Å². The summed E-state index contributed by atoms with van der Waals surface area (Å²) >= 11 is 0. The third kappa shape index (κ3) is 1.74. The molecular weight excluding hydrogens is 308 g/mol. The normalized spacial score (nSPS) is 51.1. The molecule has 0 aromatic heterocycles. The number of carbonyl (C=O) groups is 2. The van der Waals surface area contributed by atoms with Gasteiger partial charge in [-0.1, -0.05) is 6.08 Å². The molecule has 23 heavy (non-hydrogen) atoms. The van der Waals surface area contributed by atoms with E-state index in [4.69, 9.17) is 18.9 Å². The van der Waals surface area contributed by atoms with Crippen molar-refractivity contribution in [1.29, 1.82) is 0 Å². The van der Waals surface area contributed by atoms with Crippen LogP contribution in [0, 0.1) is 23.7 Å². The Morgan fingerprint density at radius 2 is 2.17 bits per heavy atom. The second-order valence-electron chi connectivity index (χ2n) is 6.50. The van der Waals surface area contributed by atoms with E-state index in [-0.39, 0.29) is 0 Å². The van der Waals surface area contributed by atoms with Crippen LogP contribution in [0.3, 0.4) is 0 Å². The van der Waals surface area contributed by atoms with Crippen LogP contribution in [0.15, 0.2) is 12.2 Å². The molecule has 0 aromatic rings. The Hall–Kier alpha value is -1.48. The lowest BCUT2D eigenvalue weighted by molar-refractivity contribution is -0.288. The Morgan fingerprint density at radius 1 is 1.43 bits per heavy atom. The van der Waals surface area contributed by atoms with Gasteiger partial charge >= 0.3 is 11.9 Å². The van der Waals surface area contributed by atoms with Crippen molar-refractivity contribution in [2.24, 2.45) is 23.7 Å². The van der Waals surface area contributed by atoms with E-state index >= 15 is 0 Å². The molecule has 3 aliphatic heterocycles. The number of ether oxygens (including phenoxy) is 4. The average Bonchev–Trinajstić information content (AvgIpc) is 3.06. The van der Waals surface area contributed by atoms with Gasteiger partial charge < -0.3 is 29.2 Å². The third-order valence-electron chi connectivity index (χ3n) is 5.40. The van der Waals surface area contributed by atoms with Crippen LogP contribution >= 0.6 is 0 Å². The van der Waals surface area contributed by atoms with Crippen LogP contribution in [0.1, 0.15) is 6.92 Å². The molecule has 0 radical (unpaired) electrons. The number of esters is 2. The molecular formula is C15H18O8. The zero-order valence-electron chi connectivity index (χ0n) is 12.6. The minimum Gasteiger partial charge on any atom is -0.469 e. The Bertz CT molecular complexity index is 586. The summed E-state index contributed by atoms with van der Waals surface area (Å²) in [7, 11) is 1.24. The summed E-state index contributed by atoms with van der Waals surface area (Å²) in [5.74, 6) is -3.75. The molecule has 1 spiro atoms. The second-order valence-corrected chi connectivity index (χ2v) is 6.50. The smallest absolute Gasteiger partial charge is 0.315 e. The molecule has 9 atom stereocenters. The van der Waals surface area contributed by atoms with E-state index in [0.29, 0.717) is 0 Å². The highest BCUT2D eigenvalue weighted by molar-refractivity contribution is 5.79. The number of allylic oxidation sites excluding steroid dienone is 1. The number of aliphatic hydroxyl groups excluding tert-OH is 2. The molecule has 0 aromatic carbocycles. The molecule has 3 saturated heterocycles. The van der Waals surface area contributed by atoms with Gasteiger partial charge in [-0.15, -0.1) is 0 Å². The van der Waals surface area contributed by atoms with Gasteiger partial charge in [0.05, 0.1) is 19.1 Å². The molecule has 3 fully saturated rings. The summed E-state index contributed by atoms with van der Waals surface area (Å²) in [5, 5.41) is 20.0. The fraction of sp³-hybridized carbons (Fsp3) is 0.733. The Kier molecular flexibility index (Phi) is 3.12. The Labute approximate surface area is 132 Å². The lowest BCUT2D eigenvalue weighted by Gasteiger charge is -2.39. The van der Waals surface area contributed by atoms with E-state index in [9.17, 15) is 19.8 Å². The second kappa shape index (κ2) is 4.76. The maximum Gasteiger partial charge on any atom is 0.315 e. The predicted octanol–water partition coefficient (Wildman–Crippen LogP) is -1.06. The molecule has 0 saturated carbocycles. The fourth-order valence-electron chi connectivity index (χ4n) is 4.43. The number of aliphatic hydroxyl groups is 2. The first-order valence-electron chi connectivity index (χ1n) is 7.58. The van der Waals surface area contributed by atoms with E-state index in [0.717, 1.165) is 0 Å². The van der Waals surface area contributed by atoms with Gasteiger partial charge in [0.25, 0.3) is 0 Å². The average molecular weight is 326 g/mol. The molecule has 2 N–H and O–H groups in total. The van der Waals surface area contributed by atoms with Crippen LogP contribution in [-0.4, -0.2) is 59.7 Å². The van der Waals surface area contributed by atoms with E-state index in [1.165, 1.54) is 14.0 Å². The summed E-state index contributed by atoms with van der Waals surface area (Å²) in [5.41, 5.74) is -1.07. The third-order valence-corrected chi connectivity index (χ3v) is 5.40. The van der Waals surface area contributed by atoms with Crippen LogP contribution < -0.4 is 0 Å². The monoisotopic (exact) mass is 326 g/mol.